The van der Waals surface area contributed by atoms with Crippen LogP contribution in [0.1, 0.15) is 25.7 Å². The molecule has 136 valence electrons. The zero-order chi connectivity index (χ0) is 18.6. The van der Waals surface area contributed by atoms with Crippen molar-refractivity contribution in [1.82, 2.24) is 5.32 Å². The minimum atomic E-state index is -1.70. The van der Waals surface area contributed by atoms with Gasteiger partial charge in [0, 0.05) is 5.92 Å². The Bertz CT molecular complexity index is 696. The number of carboxylic acids is 1. The van der Waals surface area contributed by atoms with Crippen molar-refractivity contribution in [2.24, 2.45) is 11.8 Å². The van der Waals surface area contributed by atoms with Crippen LogP contribution >= 0.6 is 0 Å². The molecule has 1 fully saturated rings. The lowest BCUT2D eigenvalue weighted by Crippen LogP contribution is -2.39. The first-order chi connectivity index (χ1) is 11.8. The maximum absolute atomic E-state index is 13.5. The molecular weight excluding hydrogens is 341 g/mol. The second-order valence-corrected chi connectivity index (χ2v) is 5.89. The minimum absolute atomic E-state index is 0.195. The fourth-order valence-electron chi connectivity index (χ4n) is 2.78. The maximum Gasteiger partial charge on any atom is 0.306 e. The van der Waals surface area contributed by atoms with E-state index < -0.39 is 59.3 Å². The summed E-state index contributed by atoms with van der Waals surface area (Å²) < 4.78 is 39.4. The van der Waals surface area contributed by atoms with Crippen molar-refractivity contribution < 1.29 is 32.7 Å². The van der Waals surface area contributed by atoms with E-state index in [1.807, 2.05) is 5.32 Å². The van der Waals surface area contributed by atoms with Gasteiger partial charge in [-0.3, -0.25) is 14.4 Å². The van der Waals surface area contributed by atoms with Crippen LogP contribution in [0.4, 0.5) is 18.9 Å². The van der Waals surface area contributed by atoms with Crippen LogP contribution in [0, 0.1) is 29.3 Å². The van der Waals surface area contributed by atoms with Crippen molar-refractivity contribution >= 4 is 23.5 Å². The average Bonchev–Trinajstić information content (AvgIpc) is 2.60. The highest BCUT2D eigenvalue weighted by Crippen LogP contribution is 2.29. The highest BCUT2D eigenvalue weighted by molar-refractivity contribution is 5.95. The monoisotopic (exact) mass is 358 g/mol. The number of carbonyl (C=O) groups is 3. The molecule has 1 saturated carbocycles. The summed E-state index contributed by atoms with van der Waals surface area (Å²) in [6.45, 7) is -0.495. The largest absolute Gasteiger partial charge is 0.481 e. The van der Waals surface area contributed by atoms with Gasteiger partial charge in [0.2, 0.25) is 11.8 Å². The predicted octanol–water partition coefficient (Wildman–Crippen LogP) is 2.05. The number of aliphatic carboxylic acids is 1. The minimum Gasteiger partial charge on any atom is -0.481 e. The fourth-order valence-corrected chi connectivity index (χ4v) is 2.78. The van der Waals surface area contributed by atoms with E-state index in [4.69, 9.17) is 5.11 Å². The molecule has 1 aliphatic carbocycles. The molecule has 0 heterocycles. The van der Waals surface area contributed by atoms with Crippen LogP contribution in [0.2, 0.25) is 0 Å². The number of hydrogen-bond acceptors (Lipinski definition) is 3. The van der Waals surface area contributed by atoms with Crippen molar-refractivity contribution in [2.75, 3.05) is 11.9 Å². The van der Waals surface area contributed by atoms with E-state index in [0.29, 0.717) is 25.3 Å². The molecule has 9 heteroatoms. The lowest BCUT2D eigenvalue weighted by Gasteiger charge is -2.25. The van der Waals surface area contributed by atoms with E-state index in [0.717, 1.165) is 6.07 Å². The lowest BCUT2D eigenvalue weighted by molar-refractivity contribution is -0.144. The molecular formula is C16H17F3N2O4. The van der Waals surface area contributed by atoms with Crippen molar-refractivity contribution in [3.63, 3.8) is 0 Å². The van der Waals surface area contributed by atoms with Gasteiger partial charge in [0.15, 0.2) is 17.5 Å². The van der Waals surface area contributed by atoms with Gasteiger partial charge in [0.25, 0.3) is 0 Å². The second-order valence-electron chi connectivity index (χ2n) is 5.89. The van der Waals surface area contributed by atoms with Crippen LogP contribution in [-0.2, 0) is 14.4 Å². The standard InChI is InChI=1S/C16H17F3N2O4/c17-10-4-5-11(14(19)13(10)18)21-12(22)7-20-15(23)8-2-1-3-9(6-8)16(24)25/h4-5,8-9H,1-3,6-7H2,(H,20,23)(H,21,22)(H,24,25). The molecule has 3 N–H and O–H groups in total. The number of amides is 2. The summed E-state index contributed by atoms with van der Waals surface area (Å²) in [7, 11) is 0. The molecule has 1 aromatic carbocycles. The SMILES string of the molecule is O=C(CNC(=O)C1CCCC(C(=O)O)C1)Nc1ccc(F)c(F)c1F. The van der Waals surface area contributed by atoms with Crippen molar-refractivity contribution in [1.29, 1.82) is 0 Å². The Morgan fingerprint density at radius 2 is 1.76 bits per heavy atom. The molecule has 25 heavy (non-hydrogen) atoms. The molecule has 2 rings (SSSR count). The quantitative estimate of drug-likeness (QED) is 0.702. The first-order valence-electron chi connectivity index (χ1n) is 7.73. The van der Waals surface area contributed by atoms with Crippen LogP contribution in [0.5, 0.6) is 0 Å². The number of nitrogens with one attached hydrogen (secondary N) is 2. The molecule has 0 aromatic heterocycles. The Balaban J connectivity index is 1.86. The van der Waals surface area contributed by atoms with Crippen LogP contribution in [0.25, 0.3) is 0 Å². The third-order valence-electron chi connectivity index (χ3n) is 4.13. The van der Waals surface area contributed by atoms with Crippen LogP contribution in [-0.4, -0.2) is 29.4 Å². The van der Waals surface area contributed by atoms with Gasteiger partial charge >= 0.3 is 5.97 Å². The van der Waals surface area contributed by atoms with E-state index in [1.165, 1.54) is 0 Å². The summed E-state index contributed by atoms with van der Waals surface area (Å²) in [6.07, 6.45) is 1.83. The average molecular weight is 358 g/mol. The van der Waals surface area contributed by atoms with Gasteiger partial charge in [-0.2, -0.15) is 0 Å². The number of benzene rings is 1. The van der Waals surface area contributed by atoms with Gasteiger partial charge in [-0.1, -0.05) is 6.42 Å². The third-order valence-corrected chi connectivity index (χ3v) is 4.13. The molecule has 2 amide bonds. The van der Waals surface area contributed by atoms with Gasteiger partial charge in [-0.25, -0.2) is 13.2 Å². The van der Waals surface area contributed by atoms with Crippen LogP contribution in [0.3, 0.4) is 0 Å². The molecule has 0 aliphatic heterocycles. The Hall–Kier alpha value is -2.58. The number of carboxylic acid groups (broad SMARTS) is 1. The summed E-state index contributed by atoms with van der Waals surface area (Å²) in [4.78, 5) is 34.7. The molecule has 1 aromatic rings. The third kappa shape index (κ3) is 4.71. The summed E-state index contributed by atoms with van der Waals surface area (Å²) >= 11 is 0. The molecule has 1 aliphatic rings. The van der Waals surface area contributed by atoms with E-state index >= 15 is 0 Å². The highest BCUT2D eigenvalue weighted by Gasteiger charge is 2.31. The van der Waals surface area contributed by atoms with E-state index in [-0.39, 0.29) is 6.42 Å². The predicted molar refractivity (Wildman–Crippen MR) is 81.0 cm³/mol. The molecule has 0 spiro atoms. The van der Waals surface area contributed by atoms with Gasteiger partial charge in [-0.15, -0.1) is 0 Å². The summed E-state index contributed by atoms with van der Waals surface area (Å²) in [5, 5.41) is 13.4. The Labute approximate surface area is 141 Å². The Morgan fingerprint density at radius 1 is 1.08 bits per heavy atom. The highest BCUT2D eigenvalue weighted by atomic mass is 19.2. The fraction of sp³-hybridized carbons (Fsp3) is 0.438. The lowest BCUT2D eigenvalue weighted by atomic mass is 9.81. The number of carbonyl (C=O) groups excluding carboxylic acids is 2. The number of rotatable bonds is 5. The molecule has 2 atom stereocenters. The maximum atomic E-state index is 13.5. The smallest absolute Gasteiger partial charge is 0.306 e. The number of halogens is 3. The van der Waals surface area contributed by atoms with Crippen molar-refractivity contribution in [3.05, 3.63) is 29.6 Å². The van der Waals surface area contributed by atoms with Crippen LogP contribution in [0.15, 0.2) is 12.1 Å². The van der Waals surface area contributed by atoms with Crippen LogP contribution < -0.4 is 10.6 Å². The topological polar surface area (TPSA) is 95.5 Å². The van der Waals surface area contributed by atoms with Gasteiger partial charge in [0.05, 0.1) is 18.2 Å². The van der Waals surface area contributed by atoms with Gasteiger partial charge in [-0.05, 0) is 31.4 Å². The zero-order valence-electron chi connectivity index (χ0n) is 13.2. The molecule has 2 unspecified atom stereocenters. The number of anilines is 1. The van der Waals surface area contributed by atoms with Gasteiger partial charge < -0.3 is 15.7 Å². The summed E-state index contributed by atoms with van der Waals surface area (Å²) in [5.74, 6) is -7.95. The second kappa shape index (κ2) is 8.00. The van der Waals surface area contributed by atoms with Gasteiger partial charge in [0.1, 0.15) is 0 Å². The summed E-state index contributed by atoms with van der Waals surface area (Å²) in [5.41, 5.74) is -0.540. The Kier molecular flexibility index (Phi) is 6.00. The molecule has 0 radical (unpaired) electrons. The number of hydrogen-bond donors (Lipinski definition) is 3. The van der Waals surface area contributed by atoms with E-state index in [9.17, 15) is 27.6 Å². The van der Waals surface area contributed by atoms with E-state index in [1.54, 1.807) is 0 Å². The first kappa shape index (κ1) is 18.8. The molecule has 0 saturated heterocycles. The first-order valence-corrected chi connectivity index (χ1v) is 7.73. The molecule has 6 nitrogen and oxygen atoms in total. The normalized spacial score (nSPS) is 20.0. The molecule has 0 bridgehead atoms. The van der Waals surface area contributed by atoms with Crippen molar-refractivity contribution in [3.8, 4) is 0 Å². The van der Waals surface area contributed by atoms with Crippen molar-refractivity contribution in [2.45, 2.75) is 25.7 Å². The Morgan fingerprint density at radius 3 is 2.44 bits per heavy atom. The zero-order valence-corrected chi connectivity index (χ0v) is 13.2. The summed E-state index contributed by atoms with van der Waals surface area (Å²) in [6, 6.07) is 1.53. The van der Waals surface area contributed by atoms with E-state index in [2.05, 4.69) is 5.32 Å².